The first-order valence-electron chi connectivity index (χ1n) is 3.70. The van der Waals surface area contributed by atoms with Crippen molar-refractivity contribution < 1.29 is 23.6 Å². The number of hydrogen-bond acceptors (Lipinski definition) is 4. The Morgan fingerprint density at radius 1 is 1.62 bits per heavy atom. The Balaban J connectivity index is 3.63. The molecule has 6 nitrogen and oxygen atoms in total. The zero-order valence-electron chi connectivity index (χ0n) is 7.35. The molecule has 1 rings (SSSR count). The number of pyridine rings is 1. The summed E-state index contributed by atoms with van der Waals surface area (Å²) in [5.41, 5.74) is -3.50. The van der Waals surface area contributed by atoms with Crippen LogP contribution in [0.25, 0.3) is 0 Å². The molecule has 0 saturated carbocycles. The molecule has 86 valence electrons. The van der Waals surface area contributed by atoms with E-state index in [0.29, 0.717) is 6.20 Å². The van der Waals surface area contributed by atoms with Crippen molar-refractivity contribution in [3.8, 4) is 0 Å². The summed E-state index contributed by atoms with van der Waals surface area (Å²) in [7, 11) is 0. The molecule has 0 fully saturated rings. The minimum absolute atomic E-state index is 0.634. The summed E-state index contributed by atoms with van der Waals surface area (Å²) in [4.78, 5) is 23.0. The smallest absolute Gasteiger partial charge is 0.355 e. The zero-order valence-corrected chi connectivity index (χ0v) is 8.11. The molecule has 0 radical (unpaired) electrons. The van der Waals surface area contributed by atoms with Gasteiger partial charge in [0.25, 0.3) is 6.43 Å². The molecular formula is C7H3ClF2N2O4. The summed E-state index contributed by atoms with van der Waals surface area (Å²) in [6.07, 6.45) is -2.70. The number of nitro groups is 1. The second-order valence-corrected chi connectivity index (χ2v) is 2.99. The predicted molar refractivity (Wildman–Crippen MR) is 47.8 cm³/mol. The fourth-order valence-electron chi connectivity index (χ4n) is 1.06. The van der Waals surface area contributed by atoms with Crippen molar-refractivity contribution in [3.05, 3.63) is 32.6 Å². The first kappa shape index (κ1) is 12.2. The summed E-state index contributed by atoms with van der Waals surface area (Å²) >= 11 is 5.31. The second-order valence-electron chi connectivity index (χ2n) is 2.58. The lowest BCUT2D eigenvalue weighted by Crippen LogP contribution is -2.09. The number of carboxylic acid groups (broad SMARTS) is 1. The molecule has 0 unspecified atom stereocenters. The second kappa shape index (κ2) is 4.35. The highest BCUT2D eigenvalue weighted by Crippen LogP contribution is 2.36. The van der Waals surface area contributed by atoms with Crippen LogP contribution in [0, 0.1) is 10.1 Å². The number of nitrogens with zero attached hydrogens (tertiary/aromatic N) is 2. The van der Waals surface area contributed by atoms with Crippen molar-refractivity contribution in [1.82, 2.24) is 4.98 Å². The number of rotatable bonds is 3. The molecule has 0 aliphatic rings. The Hall–Kier alpha value is -1.83. The molecule has 0 bridgehead atoms. The molecule has 1 aromatic rings. The third kappa shape index (κ3) is 2.06. The monoisotopic (exact) mass is 252 g/mol. The average Bonchev–Trinajstić information content (AvgIpc) is 2.15. The number of aromatic carboxylic acids is 1. The van der Waals surface area contributed by atoms with E-state index in [1.54, 1.807) is 0 Å². The zero-order chi connectivity index (χ0) is 12.5. The molecule has 9 heteroatoms. The highest BCUT2D eigenvalue weighted by molar-refractivity contribution is 6.32. The molecule has 16 heavy (non-hydrogen) atoms. The summed E-state index contributed by atoms with van der Waals surface area (Å²) in [5.74, 6) is -1.78. The van der Waals surface area contributed by atoms with E-state index in [1.165, 1.54) is 0 Å². The first-order valence-corrected chi connectivity index (χ1v) is 4.08. The Morgan fingerprint density at radius 2 is 2.19 bits per heavy atom. The van der Waals surface area contributed by atoms with Gasteiger partial charge in [0.15, 0.2) is 5.69 Å². The van der Waals surface area contributed by atoms with Gasteiger partial charge in [-0.15, -0.1) is 0 Å². The Bertz CT molecular complexity index is 466. The summed E-state index contributed by atoms with van der Waals surface area (Å²) < 4.78 is 25.0. The van der Waals surface area contributed by atoms with E-state index in [9.17, 15) is 23.7 Å². The van der Waals surface area contributed by atoms with Crippen LogP contribution in [0.2, 0.25) is 5.02 Å². The van der Waals surface area contributed by atoms with E-state index in [4.69, 9.17) is 16.7 Å². The average molecular weight is 253 g/mol. The van der Waals surface area contributed by atoms with Crippen molar-refractivity contribution in [3.63, 3.8) is 0 Å². The minimum atomic E-state index is -3.35. The summed E-state index contributed by atoms with van der Waals surface area (Å²) in [5, 5.41) is 18.4. The van der Waals surface area contributed by atoms with Gasteiger partial charge in [-0.05, 0) is 0 Å². The Morgan fingerprint density at radius 3 is 2.56 bits per heavy atom. The Kier molecular flexibility index (Phi) is 3.33. The van der Waals surface area contributed by atoms with Crippen LogP contribution in [0.4, 0.5) is 14.5 Å². The molecular weight excluding hydrogens is 250 g/mol. The fraction of sp³-hybridized carbons (Fsp3) is 0.143. The largest absolute Gasteiger partial charge is 0.476 e. The van der Waals surface area contributed by atoms with Gasteiger partial charge in [0.1, 0.15) is 10.6 Å². The highest BCUT2D eigenvalue weighted by Gasteiger charge is 2.32. The molecule has 0 aromatic carbocycles. The van der Waals surface area contributed by atoms with E-state index < -0.39 is 39.3 Å². The molecule has 1 aromatic heterocycles. The number of carbonyl (C=O) groups is 1. The van der Waals surface area contributed by atoms with E-state index in [0.717, 1.165) is 0 Å². The van der Waals surface area contributed by atoms with Gasteiger partial charge in [-0.1, -0.05) is 11.6 Å². The van der Waals surface area contributed by atoms with E-state index in [1.807, 2.05) is 0 Å². The normalized spacial score (nSPS) is 10.5. The third-order valence-electron chi connectivity index (χ3n) is 1.65. The first-order chi connectivity index (χ1) is 7.36. The van der Waals surface area contributed by atoms with Gasteiger partial charge in [-0.2, -0.15) is 0 Å². The Labute approximate surface area is 91.6 Å². The predicted octanol–water partition coefficient (Wildman–Crippen LogP) is 2.28. The molecule has 0 amide bonds. The van der Waals surface area contributed by atoms with Crippen LogP contribution in [0.5, 0.6) is 0 Å². The van der Waals surface area contributed by atoms with Crippen molar-refractivity contribution in [2.75, 3.05) is 0 Å². The van der Waals surface area contributed by atoms with Crippen LogP contribution >= 0.6 is 11.6 Å². The maximum Gasteiger partial charge on any atom is 0.355 e. The van der Waals surface area contributed by atoms with Crippen molar-refractivity contribution in [2.24, 2.45) is 0 Å². The number of halogens is 3. The van der Waals surface area contributed by atoms with Gasteiger partial charge in [0.05, 0.1) is 11.1 Å². The van der Waals surface area contributed by atoms with Crippen LogP contribution in [-0.2, 0) is 0 Å². The van der Waals surface area contributed by atoms with Gasteiger partial charge in [-0.25, -0.2) is 18.6 Å². The van der Waals surface area contributed by atoms with Gasteiger partial charge in [0.2, 0.25) is 0 Å². The number of carboxylic acids is 1. The van der Waals surface area contributed by atoms with Crippen LogP contribution in [0.15, 0.2) is 6.20 Å². The molecule has 0 aliphatic carbocycles. The molecule has 0 atom stereocenters. The van der Waals surface area contributed by atoms with Crippen LogP contribution in [-0.4, -0.2) is 21.0 Å². The summed E-state index contributed by atoms with van der Waals surface area (Å²) in [6, 6.07) is 0. The molecule has 0 spiro atoms. The van der Waals surface area contributed by atoms with Gasteiger partial charge >= 0.3 is 11.7 Å². The van der Waals surface area contributed by atoms with E-state index in [-0.39, 0.29) is 0 Å². The summed E-state index contributed by atoms with van der Waals surface area (Å²) in [6.45, 7) is 0. The maximum absolute atomic E-state index is 12.5. The number of hydrogen-bond donors (Lipinski definition) is 1. The van der Waals surface area contributed by atoms with Gasteiger partial charge < -0.3 is 5.11 Å². The van der Waals surface area contributed by atoms with Crippen LogP contribution in [0.3, 0.4) is 0 Å². The van der Waals surface area contributed by atoms with E-state index in [2.05, 4.69) is 4.98 Å². The van der Waals surface area contributed by atoms with Crippen LogP contribution in [0.1, 0.15) is 22.5 Å². The molecule has 0 aliphatic heterocycles. The minimum Gasteiger partial charge on any atom is -0.476 e. The quantitative estimate of drug-likeness (QED) is 0.658. The standard InChI is InChI=1S/C7H3ClF2N2O4/c8-2-1-11-4(7(13)14)3(6(9)10)5(2)12(15)16/h1,6H,(H,13,14). The van der Waals surface area contributed by atoms with Crippen molar-refractivity contribution >= 4 is 23.3 Å². The number of alkyl halides is 2. The van der Waals surface area contributed by atoms with Crippen LogP contribution < -0.4 is 0 Å². The fourth-order valence-corrected chi connectivity index (χ4v) is 1.27. The van der Waals surface area contributed by atoms with Crippen molar-refractivity contribution in [1.29, 1.82) is 0 Å². The lowest BCUT2D eigenvalue weighted by atomic mass is 10.1. The lowest BCUT2D eigenvalue weighted by Gasteiger charge is -2.05. The highest BCUT2D eigenvalue weighted by atomic mass is 35.5. The van der Waals surface area contributed by atoms with Gasteiger partial charge in [0, 0.05) is 0 Å². The third-order valence-corrected chi connectivity index (χ3v) is 1.92. The number of aromatic nitrogens is 1. The molecule has 0 saturated heterocycles. The topological polar surface area (TPSA) is 93.3 Å². The van der Waals surface area contributed by atoms with Gasteiger partial charge in [-0.3, -0.25) is 10.1 Å². The lowest BCUT2D eigenvalue weighted by molar-refractivity contribution is -0.386. The molecule has 1 N–H and O–H groups in total. The molecule has 1 heterocycles. The van der Waals surface area contributed by atoms with E-state index >= 15 is 0 Å². The SMILES string of the molecule is O=C(O)c1ncc(Cl)c([N+](=O)[O-])c1C(F)F. The van der Waals surface area contributed by atoms with Crippen molar-refractivity contribution in [2.45, 2.75) is 6.43 Å². The maximum atomic E-state index is 12.5.